The minimum Gasteiger partial charge on any atom is -0.493 e. The zero-order valence-electron chi connectivity index (χ0n) is 12.8. The third kappa shape index (κ3) is 4.74. The van der Waals surface area contributed by atoms with E-state index in [9.17, 15) is 4.79 Å². The fourth-order valence-electron chi connectivity index (χ4n) is 1.75. The van der Waals surface area contributed by atoms with Gasteiger partial charge in [0.05, 0.1) is 7.11 Å². The smallest absolute Gasteiger partial charge is 0.258 e. The molecule has 0 spiro atoms. The molecule has 1 rings (SSSR count). The van der Waals surface area contributed by atoms with Crippen molar-refractivity contribution in [3.05, 3.63) is 23.8 Å². The maximum Gasteiger partial charge on any atom is 0.258 e. The first-order valence-electron chi connectivity index (χ1n) is 6.75. The molecule has 0 aromatic heterocycles. The Labute approximate surface area is 120 Å². The van der Waals surface area contributed by atoms with Crippen LogP contribution >= 0.6 is 0 Å². The van der Waals surface area contributed by atoms with Crippen molar-refractivity contribution >= 4 is 5.91 Å². The summed E-state index contributed by atoms with van der Waals surface area (Å²) >= 11 is 0. The van der Waals surface area contributed by atoms with Crippen molar-refractivity contribution in [3.8, 4) is 11.5 Å². The lowest BCUT2D eigenvalue weighted by Gasteiger charge is -2.15. The quantitative estimate of drug-likeness (QED) is 0.800. The van der Waals surface area contributed by atoms with Crippen LogP contribution in [0.25, 0.3) is 0 Å². The van der Waals surface area contributed by atoms with Gasteiger partial charge in [-0.3, -0.25) is 4.79 Å². The molecule has 0 saturated heterocycles. The Morgan fingerprint density at radius 2 is 1.95 bits per heavy atom. The molecule has 0 saturated carbocycles. The first-order valence-corrected chi connectivity index (χ1v) is 6.75. The van der Waals surface area contributed by atoms with E-state index in [1.807, 2.05) is 39.1 Å². The Morgan fingerprint density at radius 1 is 1.25 bits per heavy atom. The maximum atomic E-state index is 11.6. The molecule has 1 amide bonds. The van der Waals surface area contributed by atoms with Gasteiger partial charge in [0.15, 0.2) is 18.1 Å². The summed E-state index contributed by atoms with van der Waals surface area (Å²) < 4.78 is 10.8. The van der Waals surface area contributed by atoms with E-state index in [1.54, 1.807) is 7.11 Å². The number of nitrogens with one attached hydrogen (secondary N) is 2. The van der Waals surface area contributed by atoms with Gasteiger partial charge in [0, 0.05) is 12.1 Å². The Balaban J connectivity index is 2.73. The highest BCUT2D eigenvalue weighted by molar-refractivity contribution is 5.77. The monoisotopic (exact) mass is 280 g/mol. The van der Waals surface area contributed by atoms with E-state index in [4.69, 9.17) is 9.47 Å². The first-order chi connectivity index (χ1) is 9.47. The van der Waals surface area contributed by atoms with Gasteiger partial charge in [-0.05, 0) is 45.5 Å². The first kappa shape index (κ1) is 16.3. The second-order valence-electron chi connectivity index (χ2n) is 4.93. The largest absolute Gasteiger partial charge is 0.493 e. The summed E-state index contributed by atoms with van der Waals surface area (Å²) in [4.78, 5) is 11.6. The highest BCUT2D eigenvalue weighted by Gasteiger charge is 2.11. The molecular weight excluding hydrogens is 256 g/mol. The standard InChI is InChI=1S/C15H24N2O3/c1-10(2)17-15(18)9-20-13-7-6-12(11(3)16-4)8-14(13)19-5/h6-8,10-11,16H,9H2,1-5H3,(H,17,18). The van der Waals surface area contributed by atoms with E-state index >= 15 is 0 Å². The number of methoxy groups -OCH3 is 1. The lowest BCUT2D eigenvalue weighted by Crippen LogP contribution is -2.34. The SMILES string of the molecule is CNC(C)c1ccc(OCC(=O)NC(C)C)c(OC)c1. The summed E-state index contributed by atoms with van der Waals surface area (Å²) in [6.45, 7) is 5.86. The minimum absolute atomic E-state index is 0.0184. The molecule has 20 heavy (non-hydrogen) atoms. The third-order valence-electron chi connectivity index (χ3n) is 2.93. The van der Waals surface area contributed by atoms with Crippen LogP contribution in [0.1, 0.15) is 32.4 Å². The van der Waals surface area contributed by atoms with Gasteiger partial charge >= 0.3 is 0 Å². The Bertz CT molecular complexity index is 447. The molecule has 0 aliphatic rings. The highest BCUT2D eigenvalue weighted by atomic mass is 16.5. The van der Waals surface area contributed by atoms with Crippen molar-refractivity contribution in [1.29, 1.82) is 0 Å². The lowest BCUT2D eigenvalue weighted by molar-refractivity contribution is -0.123. The number of carbonyl (C=O) groups is 1. The summed E-state index contributed by atoms with van der Waals surface area (Å²) in [6.07, 6.45) is 0. The normalized spacial score (nSPS) is 12.1. The molecule has 1 atom stereocenters. The molecule has 1 aromatic carbocycles. The molecule has 0 fully saturated rings. The zero-order valence-corrected chi connectivity index (χ0v) is 12.8. The molecule has 0 aliphatic carbocycles. The van der Waals surface area contributed by atoms with Crippen LogP contribution in [-0.2, 0) is 4.79 Å². The van der Waals surface area contributed by atoms with Crippen LogP contribution in [0.2, 0.25) is 0 Å². The Kier molecular flexibility index (Phi) is 6.31. The third-order valence-corrected chi connectivity index (χ3v) is 2.93. The highest BCUT2D eigenvalue weighted by Crippen LogP contribution is 2.30. The van der Waals surface area contributed by atoms with Crippen LogP contribution in [0.4, 0.5) is 0 Å². The van der Waals surface area contributed by atoms with Crippen molar-refractivity contribution in [3.63, 3.8) is 0 Å². The van der Waals surface area contributed by atoms with Crippen LogP contribution in [-0.4, -0.2) is 32.7 Å². The fraction of sp³-hybridized carbons (Fsp3) is 0.533. The predicted molar refractivity (Wildman–Crippen MR) is 79.2 cm³/mol. The summed E-state index contributed by atoms with van der Waals surface area (Å²) in [5, 5.41) is 5.94. The number of amides is 1. The number of ether oxygens (including phenoxy) is 2. The van der Waals surface area contributed by atoms with E-state index in [1.165, 1.54) is 0 Å². The molecule has 0 radical (unpaired) electrons. The molecule has 5 nitrogen and oxygen atoms in total. The van der Waals surface area contributed by atoms with E-state index in [0.717, 1.165) is 5.56 Å². The lowest BCUT2D eigenvalue weighted by atomic mass is 10.1. The Morgan fingerprint density at radius 3 is 2.50 bits per heavy atom. The number of rotatable bonds is 7. The van der Waals surface area contributed by atoms with E-state index in [2.05, 4.69) is 17.6 Å². The van der Waals surface area contributed by atoms with Gasteiger partial charge in [-0.2, -0.15) is 0 Å². The number of hydrogen-bond acceptors (Lipinski definition) is 4. The van der Waals surface area contributed by atoms with Gasteiger partial charge in [-0.1, -0.05) is 6.07 Å². The molecule has 5 heteroatoms. The van der Waals surface area contributed by atoms with Crippen LogP contribution in [0, 0.1) is 0 Å². The number of carbonyl (C=O) groups excluding carboxylic acids is 1. The Hall–Kier alpha value is -1.75. The van der Waals surface area contributed by atoms with Gasteiger partial charge in [0.25, 0.3) is 5.91 Å². The molecule has 1 aromatic rings. The van der Waals surface area contributed by atoms with Crippen molar-refractivity contribution in [2.45, 2.75) is 32.9 Å². The van der Waals surface area contributed by atoms with Crippen LogP contribution in [0.15, 0.2) is 18.2 Å². The average Bonchev–Trinajstić information content (AvgIpc) is 2.43. The van der Waals surface area contributed by atoms with Crippen LogP contribution in [0.3, 0.4) is 0 Å². The van der Waals surface area contributed by atoms with Gasteiger partial charge in [-0.15, -0.1) is 0 Å². The van der Waals surface area contributed by atoms with E-state index in [0.29, 0.717) is 11.5 Å². The summed E-state index contributed by atoms with van der Waals surface area (Å²) in [5.41, 5.74) is 1.10. The molecule has 1 unspecified atom stereocenters. The summed E-state index contributed by atoms with van der Waals surface area (Å²) in [5.74, 6) is 1.05. The van der Waals surface area contributed by atoms with Crippen LogP contribution < -0.4 is 20.1 Å². The summed E-state index contributed by atoms with van der Waals surface area (Å²) in [7, 11) is 3.49. The maximum absolute atomic E-state index is 11.6. The molecule has 0 bridgehead atoms. The molecular formula is C15H24N2O3. The van der Waals surface area contributed by atoms with Gasteiger partial charge < -0.3 is 20.1 Å². The van der Waals surface area contributed by atoms with Gasteiger partial charge in [-0.25, -0.2) is 0 Å². The van der Waals surface area contributed by atoms with Crippen molar-refractivity contribution in [2.24, 2.45) is 0 Å². The fourth-order valence-corrected chi connectivity index (χ4v) is 1.75. The van der Waals surface area contributed by atoms with E-state index in [-0.39, 0.29) is 24.6 Å². The molecule has 2 N–H and O–H groups in total. The molecule has 0 aliphatic heterocycles. The average molecular weight is 280 g/mol. The van der Waals surface area contributed by atoms with Crippen LogP contribution in [0.5, 0.6) is 11.5 Å². The van der Waals surface area contributed by atoms with Crippen molar-refractivity contribution in [1.82, 2.24) is 10.6 Å². The molecule has 112 valence electrons. The topological polar surface area (TPSA) is 59.6 Å². The predicted octanol–water partition coefficient (Wildman–Crippen LogP) is 1.88. The zero-order chi connectivity index (χ0) is 15.1. The number of benzene rings is 1. The second kappa shape index (κ2) is 7.75. The van der Waals surface area contributed by atoms with Crippen molar-refractivity contribution in [2.75, 3.05) is 20.8 Å². The summed E-state index contributed by atoms with van der Waals surface area (Å²) in [6, 6.07) is 6.02. The van der Waals surface area contributed by atoms with Crippen molar-refractivity contribution < 1.29 is 14.3 Å². The second-order valence-corrected chi connectivity index (χ2v) is 4.93. The number of hydrogen-bond donors (Lipinski definition) is 2. The minimum atomic E-state index is -0.144. The molecule has 0 heterocycles. The van der Waals surface area contributed by atoms with E-state index < -0.39 is 0 Å². The van der Waals surface area contributed by atoms with Gasteiger partial charge in [0.2, 0.25) is 0 Å². The van der Waals surface area contributed by atoms with Gasteiger partial charge in [0.1, 0.15) is 0 Å².